The quantitative estimate of drug-likeness (QED) is 0.633. The number of amidine groups is 1. The molecule has 104 valence electrons. The molecule has 2 heterocycles. The third-order valence-corrected chi connectivity index (χ3v) is 3.54. The maximum atomic E-state index is 11.5. The van der Waals surface area contributed by atoms with E-state index in [1.807, 2.05) is 6.07 Å². The van der Waals surface area contributed by atoms with E-state index in [9.17, 15) is 9.59 Å². The van der Waals surface area contributed by atoms with E-state index in [1.54, 1.807) is 25.3 Å². The summed E-state index contributed by atoms with van der Waals surface area (Å²) in [6.07, 6.45) is 1.41. The van der Waals surface area contributed by atoms with Crippen molar-refractivity contribution < 1.29 is 14.7 Å². The van der Waals surface area contributed by atoms with Crippen molar-refractivity contribution in [1.82, 2.24) is 10.3 Å². The standard InChI is InChI=1S/C12H12N4O3S/c1-7(8-4-2-3-5-13-8)15-16-12-14-11(19)9(20-12)6-10(17)18/h2-5,9H,6H2,1H3,(H,17,18)(H,14,16,19)/b15-7-. The Morgan fingerprint density at radius 1 is 1.55 bits per heavy atom. The molecule has 0 aromatic carbocycles. The number of rotatable bonds is 4. The average molecular weight is 292 g/mol. The molecule has 1 fully saturated rings. The molecule has 8 heteroatoms. The van der Waals surface area contributed by atoms with Gasteiger partial charge < -0.3 is 10.4 Å². The molecule has 0 radical (unpaired) electrons. The molecule has 1 aromatic rings. The van der Waals surface area contributed by atoms with Crippen LogP contribution < -0.4 is 5.32 Å². The molecule has 2 rings (SSSR count). The molecule has 0 spiro atoms. The number of aliphatic carboxylic acids is 1. The third kappa shape index (κ3) is 3.64. The maximum absolute atomic E-state index is 11.5. The van der Waals surface area contributed by atoms with Gasteiger partial charge in [0.25, 0.3) is 0 Å². The van der Waals surface area contributed by atoms with Gasteiger partial charge in [0.1, 0.15) is 5.25 Å². The van der Waals surface area contributed by atoms with Crippen LogP contribution in [-0.4, -0.2) is 38.1 Å². The highest BCUT2D eigenvalue weighted by Crippen LogP contribution is 2.22. The summed E-state index contributed by atoms with van der Waals surface area (Å²) in [5, 5.41) is 18.7. The highest BCUT2D eigenvalue weighted by molar-refractivity contribution is 8.15. The second-order valence-electron chi connectivity index (χ2n) is 4.00. The van der Waals surface area contributed by atoms with Crippen molar-refractivity contribution in [1.29, 1.82) is 0 Å². The molecule has 1 aliphatic heterocycles. The lowest BCUT2D eigenvalue weighted by molar-refractivity contribution is -0.138. The lowest BCUT2D eigenvalue weighted by Gasteiger charge is -1.98. The van der Waals surface area contributed by atoms with E-state index in [-0.39, 0.29) is 12.3 Å². The Bertz CT molecular complexity index is 586. The van der Waals surface area contributed by atoms with Crippen LogP contribution in [0.4, 0.5) is 0 Å². The number of thioether (sulfide) groups is 1. The van der Waals surface area contributed by atoms with E-state index < -0.39 is 11.2 Å². The van der Waals surface area contributed by atoms with Crippen LogP contribution in [0.1, 0.15) is 19.0 Å². The number of hydrogen-bond donors (Lipinski definition) is 2. The molecule has 20 heavy (non-hydrogen) atoms. The van der Waals surface area contributed by atoms with Crippen LogP contribution in [0, 0.1) is 0 Å². The number of carboxylic acid groups (broad SMARTS) is 1. The first-order valence-corrected chi connectivity index (χ1v) is 6.67. The number of pyridine rings is 1. The van der Waals surface area contributed by atoms with Crippen molar-refractivity contribution in [3.05, 3.63) is 30.1 Å². The van der Waals surface area contributed by atoms with E-state index in [4.69, 9.17) is 5.11 Å². The van der Waals surface area contributed by atoms with Crippen LogP contribution in [0.3, 0.4) is 0 Å². The predicted molar refractivity (Wildman–Crippen MR) is 75.7 cm³/mol. The molecule has 1 aromatic heterocycles. The zero-order chi connectivity index (χ0) is 14.5. The van der Waals surface area contributed by atoms with Crippen molar-refractivity contribution in [2.24, 2.45) is 10.2 Å². The van der Waals surface area contributed by atoms with E-state index in [1.165, 1.54) is 0 Å². The minimum Gasteiger partial charge on any atom is -0.481 e. The summed E-state index contributed by atoms with van der Waals surface area (Å²) in [6.45, 7) is 1.75. The molecule has 0 saturated carbocycles. The first kappa shape index (κ1) is 14.2. The number of carboxylic acids is 1. The fourth-order valence-electron chi connectivity index (χ4n) is 1.49. The molecule has 1 unspecified atom stereocenters. The van der Waals surface area contributed by atoms with Crippen molar-refractivity contribution >= 4 is 34.5 Å². The fraction of sp³-hybridized carbons (Fsp3) is 0.250. The van der Waals surface area contributed by atoms with E-state index >= 15 is 0 Å². The monoisotopic (exact) mass is 292 g/mol. The van der Waals surface area contributed by atoms with Crippen LogP contribution >= 0.6 is 11.8 Å². The minimum absolute atomic E-state index is 0.238. The largest absolute Gasteiger partial charge is 0.481 e. The summed E-state index contributed by atoms with van der Waals surface area (Å²) >= 11 is 1.07. The zero-order valence-electron chi connectivity index (χ0n) is 10.6. The highest BCUT2D eigenvalue weighted by atomic mass is 32.2. The van der Waals surface area contributed by atoms with Crippen molar-refractivity contribution in [3.63, 3.8) is 0 Å². The first-order chi connectivity index (χ1) is 9.56. The summed E-state index contributed by atoms with van der Waals surface area (Å²) in [4.78, 5) is 26.2. The molecule has 1 saturated heterocycles. The van der Waals surface area contributed by atoms with Crippen LogP contribution in [0.5, 0.6) is 0 Å². The third-order valence-electron chi connectivity index (χ3n) is 2.46. The smallest absolute Gasteiger partial charge is 0.305 e. The van der Waals surface area contributed by atoms with Gasteiger partial charge in [-0.2, -0.15) is 5.10 Å². The number of nitrogens with one attached hydrogen (secondary N) is 1. The van der Waals surface area contributed by atoms with Crippen molar-refractivity contribution in [3.8, 4) is 0 Å². The second kappa shape index (κ2) is 6.29. The maximum Gasteiger partial charge on any atom is 0.305 e. The van der Waals surface area contributed by atoms with Gasteiger partial charge in [-0.25, -0.2) is 0 Å². The Morgan fingerprint density at radius 2 is 2.35 bits per heavy atom. The number of amides is 1. The number of aromatic nitrogens is 1. The van der Waals surface area contributed by atoms with Crippen LogP contribution in [0.25, 0.3) is 0 Å². The molecule has 1 atom stereocenters. The van der Waals surface area contributed by atoms with Gasteiger partial charge in [0.05, 0.1) is 17.8 Å². The predicted octanol–water partition coefficient (Wildman–Crippen LogP) is 0.868. The van der Waals surface area contributed by atoms with E-state index in [2.05, 4.69) is 20.5 Å². The molecule has 0 bridgehead atoms. The number of nitrogens with zero attached hydrogens (tertiary/aromatic N) is 3. The second-order valence-corrected chi connectivity index (χ2v) is 5.19. The summed E-state index contributed by atoms with van der Waals surface area (Å²) in [5.41, 5.74) is 1.29. The topological polar surface area (TPSA) is 104 Å². The fourth-order valence-corrected chi connectivity index (χ4v) is 2.40. The summed E-state index contributed by atoms with van der Waals surface area (Å²) in [5.74, 6) is -1.38. The SMILES string of the molecule is C/C(=N/N=C1/NC(=O)C(CC(=O)O)S1)c1ccccn1. The minimum atomic E-state index is -1.02. The first-order valence-electron chi connectivity index (χ1n) is 5.79. The van der Waals surface area contributed by atoms with Gasteiger partial charge in [0.2, 0.25) is 5.91 Å². The molecular weight excluding hydrogens is 280 g/mol. The Morgan fingerprint density at radius 3 is 3.00 bits per heavy atom. The number of carbonyl (C=O) groups excluding carboxylic acids is 1. The van der Waals surface area contributed by atoms with Gasteiger partial charge in [-0.15, -0.1) is 5.10 Å². The van der Waals surface area contributed by atoms with Crippen LogP contribution in [-0.2, 0) is 9.59 Å². The van der Waals surface area contributed by atoms with Crippen molar-refractivity contribution in [2.45, 2.75) is 18.6 Å². The van der Waals surface area contributed by atoms with Crippen LogP contribution in [0.2, 0.25) is 0 Å². The Balaban J connectivity index is 2.06. The van der Waals surface area contributed by atoms with Gasteiger partial charge >= 0.3 is 5.97 Å². The number of hydrogen-bond acceptors (Lipinski definition) is 6. The Labute approximate surface area is 119 Å². The molecular formula is C12H12N4O3S. The molecule has 2 N–H and O–H groups in total. The summed E-state index contributed by atoms with van der Waals surface area (Å²) < 4.78 is 0. The van der Waals surface area contributed by atoms with Crippen molar-refractivity contribution in [2.75, 3.05) is 0 Å². The van der Waals surface area contributed by atoms with Gasteiger partial charge in [0, 0.05) is 6.20 Å². The Kier molecular flexibility index (Phi) is 4.46. The Hall–Kier alpha value is -2.22. The van der Waals surface area contributed by atoms with Gasteiger partial charge in [0.15, 0.2) is 5.17 Å². The zero-order valence-corrected chi connectivity index (χ0v) is 11.4. The molecule has 7 nitrogen and oxygen atoms in total. The highest BCUT2D eigenvalue weighted by Gasteiger charge is 2.32. The van der Waals surface area contributed by atoms with Crippen LogP contribution in [0.15, 0.2) is 34.6 Å². The van der Waals surface area contributed by atoms with Gasteiger partial charge in [-0.1, -0.05) is 17.8 Å². The van der Waals surface area contributed by atoms with E-state index in [0.717, 1.165) is 11.8 Å². The summed E-state index contributed by atoms with van der Waals surface area (Å²) in [7, 11) is 0. The molecule has 0 aliphatic carbocycles. The normalized spacial score (nSPS) is 21.1. The molecule has 1 aliphatic rings. The van der Waals surface area contributed by atoms with Gasteiger partial charge in [-0.3, -0.25) is 14.6 Å². The average Bonchev–Trinajstić information content (AvgIpc) is 2.77. The molecule has 1 amide bonds. The lowest BCUT2D eigenvalue weighted by Crippen LogP contribution is -2.26. The van der Waals surface area contributed by atoms with Gasteiger partial charge in [-0.05, 0) is 19.1 Å². The number of carbonyl (C=O) groups is 2. The lowest BCUT2D eigenvalue weighted by atomic mass is 10.3. The van der Waals surface area contributed by atoms with E-state index in [0.29, 0.717) is 16.6 Å². The summed E-state index contributed by atoms with van der Waals surface area (Å²) in [6, 6.07) is 5.43.